The van der Waals surface area contributed by atoms with Gasteiger partial charge >= 0.3 is 0 Å². The zero-order valence-corrected chi connectivity index (χ0v) is 12.8. The summed E-state index contributed by atoms with van der Waals surface area (Å²) in [5.41, 5.74) is 1.14. The topological polar surface area (TPSA) is 35.6 Å². The molecule has 0 saturated carbocycles. The van der Waals surface area contributed by atoms with Crippen molar-refractivity contribution in [1.29, 1.82) is 0 Å². The molecule has 1 aliphatic rings. The van der Waals surface area contributed by atoms with Gasteiger partial charge in [0.1, 0.15) is 0 Å². The lowest BCUT2D eigenvalue weighted by molar-refractivity contribution is -0.131. The predicted molar refractivity (Wildman–Crippen MR) is 79.9 cm³/mol. The number of hydrogen-bond acceptors (Lipinski definition) is 3. The Balaban J connectivity index is 1.87. The van der Waals surface area contributed by atoms with E-state index in [4.69, 9.17) is 0 Å². The second-order valence-electron chi connectivity index (χ2n) is 4.87. The Labute approximate surface area is 122 Å². The summed E-state index contributed by atoms with van der Waals surface area (Å²) < 4.78 is 1.05. The second kappa shape index (κ2) is 7.03. The van der Waals surface area contributed by atoms with Crippen LogP contribution in [0.2, 0.25) is 0 Å². The monoisotopic (exact) mass is 325 g/mol. The first-order valence-corrected chi connectivity index (χ1v) is 7.36. The fourth-order valence-corrected chi connectivity index (χ4v) is 2.56. The fraction of sp³-hybridized carbons (Fsp3) is 0.500. The van der Waals surface area contributed by atoms with Crippen LogP contribution in [0.1, 0.15) is 5.56 Å². The zero-order chi connectivity index (χ0) is 13.7. The van der Waals surface area contributed by atoms with Crippen LogP contribution in [0.4, 0.5) is 0 Å². The molecule has 19 heavy (non-hydrogen) atoms. The molecule has 1 N–H and O–H groups in total. The van der Waals surface area contributed by atoms with Gasteiger partial charge in [-0.1, -0.05) is 34.1 Å². The van der Waals surface area contributed by atoms with Crippen LogP contribution < -0.4 is 5.32 Å². The van der Waals surface area contributed by atoms with Gasteiger partial charge in [0.2, 0.25) is 5.91 Å². The molecule has 2 rings (SSSR count). The lowest BCUT2D eigenvalue weighted by atomic mass is 10.2. The molecule has 4 nitrogen and oxygen atoms in total. The minimum atomic E-state index is 0.178. The minimum Gasteiger partial charge on any atom is -0.340 e. The summed E-state index contributed by atoms with van der Waals surface area (Å²) in [6.07, 6.45) is 0. The highest BCUT2D eigenvalue weighted by Crippen LogP contribution is 2.17. The first-order chi connectivity index (χ1) is 9.16. The first kappa shape index (κ1) is 14.5. The van der Waals surface area contributed by atoms with Crippen molar-refractivity contribution in [3.05, 3.63) is 34.3 Å². The predicted octanol–water partition coefficient (Wildman–Crippen LogP) is 1.31. The number of rotatable bonds is 4. The van der Waals surface area contributed by atoms with Crippen LogP contribution in [0.25, 0.3) is 0 Å². The highest BCUT2D eigenvalue weighted by Gasteiger charge is 2.16. The van der Waals surface area contributed by atoms with Crippen molar-refractivity contribution in [3.63, 3.8) is 0 Å². The van der Waals surface area contributed by atoms with Gasteiger partial charge in [-0.25, -0.2) is 0 Å². The maximum Gasteiger partial charge on any atom is 0.236 e. The molecule has 5 heteroatoms. The molecule has 1 aliphatic heterocycles. The van der Waals surface area contributed by atoms with Crippen molar-refractivity contribution in [2.75, 3.05) is 39.8 Å². The number of amides is 1. The van der Waals surface area contributed by atoms with Gasteiger partial charge in [0, 0.05) is 44.2 Å². The van der Waals surface area contributed by atoms with Crippen LogP contribution >= 0.6 is 15.9 Å². The Hall–Kier alpha value is -0.910. The van der Waals surface area contributed by atoms with Crippen LogP contribution in [0.15, 0.2) is 28.7 Å². The third-order valence-corrected chi connectivity index (χ3v) is 4.13. The molecule has 1 aromatic rings. The summed E-state index contributed by atoms with van der Waals surface area (Å²) in [4.78, 5) is 16.2. The summed E-state index contributed by atoms with van der Waals surface area (Å²) in [6, 6.07) is 8.02. The molecule has 1 amide bonds. The molecule has 0 spiro atoms. The smallest absolute Gasteiger partial charge is 0.236 e. The van der Waals surface area contributed by atoms with Crippen LogP contribution in [0.3, 0.4) is 0 Å². The summed E-state index contributed by atoms with van der Waals surface area (Å²) in [7, 11) is 1.87. The molecule has 0 unspecified atom stereocenters. The number of carbonyl (C=O) groups excluding carboxylic acids is 1. The average Bonchev–Trinajstić information content (AvgIpc) is 2.42. The van der Waals surface area contributed by atoms with Crippen LogP contribution in [-0.4, -0.2) is 55.5 Å². The van der Waals surface area contributed by atoms with E-state index in [9.17, 15) is 4.79 Å². The van der Waals surface area contributed by atoms with Gasteiger partial charge in [0.25, 0.3) is 0 Å². The number of halogens is 1. The second-order valence-corrected chi connectivity index (χ2v) is 5.72. The van der Waals surface area contributed by atoms with Crippen molar-refractivity contribution in [1.82, 2.24) is 15.1 Å². The number of piperazine rings is 1. The van der Waals surface area contributed by atoms with E-state index in [1.54, 1.807) is 4.90 Å². The molecule has 1 saturated heterocycles. The molecule has 0 bridgehead atoms. The molecular weight excluding hydrogens is 306 g/mol. The van der Waals surface area contributed by atoms with Gasteiger partial charge in [-0.15, -0.1) is 0 Å². The zero-order valence-electron chi connectivity index (χ0n) is 11.2. The third kappa shape index (κ3) is 4.30. The molecule has 0 radical (unpaired) electrons. The summed E-state index contributed by atoms with van der Waals surface area (Å²) in [5.74, 6) is 0.178. The van der Waals surface area contributed by atoms with Crippen LogP contribution in [-0.2, 0) is 11.3 Å². The van der Waals surface area contributed by atoms with Gasteiger partial charge in [0.05, 0.1) is 6.54 Å². The highest BCUT2D eigenvalue weighted by atomic mass is 79.9. The molecule has 1 fully saturated rings. The molecule has 0 aromatic heterocycles. The number of likely N-dealkylation sites (N-methyl/N-ethyl adjacent to an activating group) is 1. The van der Waals surface area contributed by atoms with Crippen molar-refractivity contribution in [2.45, 2.75) is 6.54 Å². The molecule has 104 valence electrons. The van der Waals surface area contributed by atoms with Gasteiger partial charge in [-0.3, -0.25) is 9.69 Å². The Morgan fingerprint density at radius 3 is 2.74 bits per heavy atom. The lowest BCUT2D eigenvalue weighted by Gasteiger charge is -2.28. The molecule has 1 aromatic carbocycles. The van der Waals surface area contributed by atoms with E-state index >= 15 is 0 Å². The lowest BCUT2D eigenvalue weighted by Crippen LogP contribution is -2.47. The van der Waals surface area contributed by atoms with Gasteiger partial charge in [0.15, 0.2) is 0 Å². The van der Waals surface area contributed by atoms with E-state index in [1.165, 1.54) is 0 Å². The maximum absolute atomic E-state index is 12.2. The molecule has 0 aliphatic carbocycles. The number of nitrogens with zero attached hydrogens (tertiary/aromatic N) is 2. The largest absolute Gasteiger partial charge is 0.340 e. The van der Waals surface area contributed by atoms with Gasteiger partial charge in [-0.05, 0) is 11.6 Å². The van der Waals surface area contributed by atoms with Crippen molar-refractivity contribution >= 4 is 21.8 Å². The first-order valence-electron chi connectivity index (χ1n) is 6.57. The van der Waals surface area contributed by atoms with E-state index in [-0.39, 0.29) is 5.91 Å². The average molecular weight is 326 g/mol. The quantitative estimate of drug-likeness (QED) is 0.906. The normalized spacial score (nSPS) is 16.3. The summed E-state index contributed by atoms with van der Waals surface area (Å²) >= 11 is 3.52. The van der Waals surface area contributed by atoms with E-state index in [0.29, 0.717) is 13.1 Å². The Kier molecular flexibility index (Phi) is 5.36. The van der Waals surface area contributed by atoms with E-state index in [2.05, 4.69) is 26.1 Å². The number of hydrogen-bond donors (Lipinski definition) is 1. The van der Waals surface area contributed by atoms with Crippen LogP contribution in [0.5, 0.6) is 0 Å². The number of nitrogens with one attached hydrogen (secondary N) is 1. The Morgan fingerprint density at radius 1 is 1.37 bits per heavy atom. The maximum atomic E-state index is 12.2. The third-order valence-electron chi connectivity index (χ3n) is 3.36. The Morgan fingerprint density at radius 2 is 2.05 bits per heavy atom. The molecular formula is C14H20BrN3O. The standard InChI is InChI=1S/C14H20BrN3O/c1-17(10-12-4-2-3-5-13(12)15)14(19)11-18-8-6-16-7-9-18/h2-5,16H,6-11H2,1H3. The minimum absolute atomic E-state index is 0.178. The van der Waals surface area contributed by atoms with Crippen molar-refractivity contribution < 1.29 is 4.79 Å². The fourth-order valence-electron chi connectivity index (χ4n) is 2.15. The van der Waals surface area contributed by atoms with Crippen molar-refractivity contribution in [2.24, 2.45) is 0 Å². The number of carbonyl (C=O) groups is 1. The Bertz CT molecular complexity index is 432. The highest BCUT2D eigenvalue weighted by molar-refractivity contribution is 9.10. The van der Waals surface area contributed by atoms with Gasteiger partial charge in [-0.2, -0.15) is 0 Å². The van der Waals surface area contributed by atoms with Crippen molar-refractivity contribution in [3.8, 4) is 0 Å². The molecule has 0 atom stereocenters. The van der Waals surface area contributed by atoms with E-state index in [0.717, 1.165) is 36.2 Å². The molecule has 1 heterocycles. The van der Waals surface area contributed by atoms with Gasteiger partial charge < -0.3 is 10.2 Å². The summed E-state index contributed by atoms with van der Waals surface area (Å²) in [6.45, 7) is 5.01. The number of benzene rings is 1. The SMILES string of the molecule is CN(Cc1ccccc1Br)C(=O)CN1CCNCC1. The van der Waals surface area contributed by atoms with E-state index < -0.39 is 0 Å². The summed E-state index contributed by atoms with van der Waals surface area (Å²) in [5, 5.41) is 3.29. The van der Waals surface area contributed by atoms with E-state index in [1.807, 2.05) is 31.3 Å². The van der Waals surface area contributed by atoms with Crippen LogP contribution in [0, 0.1) is 0 Å².